The first-order valence-corrected chi connectivity index (χ1v) is 9.15. The molecule has 0 aliphatic carbocycles. The second kappa shape index (κ2) is 8.48. The van der Waals surface area contributed by atoms with E-state index in [2.05, 4.69) is 39.7 Å². The molecule has 9 heteroatoms. The van der Waals surface area contributed by atoms with Crippen molar-refractivity contribution in [3.8, 4) is 0 Å². The lowest BCUT2D eigenvalue weighted by molar-refractivity contribution is -0.140. The third kappa shape index (κ3) is 5.48. The number of aliphatic imine (C=N–C) groups is 1. The minimum absolute atomic E-state index is 0.417. The summed E-state index contributed by atoms with van der Waals surface area (Å²) < 4.78 is 37.5. The van der Waals surface area contributed by atoms with Crippen LogP contribution in [-0.2, 0) is 25.6 Å². The number of aromatic nitrogens is 1. The van der Waals surface area contributed by atoms with E-state index < -0.39 is 11.9 Å². The van der Waals surface area contributed by atoms with Crippen LogP contribution < -0.4 is 10.6 Å². The van der Waals surface area contributed by atoms with Gasteiger partial charge in [-0.1, -0.05) is 6.92 Å². The largest absolute Gasteiger partial charge is 0.434 e. The number of hydrogen-bond acceptors (Lipinski definition) is 4. The molecule has 132 valence electrons. The second-order valence-corrected chi connectivity index (χ2v) is 7.14. The number of guanidine groups is 1. The van der Waals surface area contributed by atoms with Crippen molar-refractivity contribution in [3.05, 3.63) is 38.0 Å². The van der Waals surface area contributed by atoms with Gasteiger partial charge < -0.3 is 10.6 Å². The molecule has 0 radical (unpaired) electrons. The van der Waals surface area contributed by atoms with Crippen LogP contribution in [-0.4, -0.2) is 24.5 Å². The quantitative estimate of drug-likeness (QED) is 0.597. The van der Waals surface area contributed by atoms with Crippen LogP contribution in [0.5, 0.6) is 0 Å². The van der Waals surface area contributed by atoms with Gasteiger partial charge in [-0.15, -0.1) is 22.7 Å². The van der Waals surface area contributed by atoms with Gasteiger partial charge in [-0.3, -0.25) is 4.99 Å². The van der Waals surface area contributed by atoms with Crippen molar-refractivity contribution in [2.24, 2.45) is 4.99 Å². The average Bonchev–Trinajstić information content (AvgIpc) is 3.19. The van der Waals surface area contributed by atoms with E-state index in [1.807, 2.05) is 0 Å². The van der Waals surface area contributed by atoms with Crippen molar-refractivity contribution in [2.75, 3.05) is 13.6 Å². The fraction of sp³-hybridized carbons (Fsp3) is 0.467. The Balaban J connectivity index is 1.76. The van der Waals surface area contributed by atoms with E-state index >= 15 is 0 Å². The Labute approximate surface area is 146 Å². The van der Waals surface area contributed by atoms with E-state index in [4.69, 9.17) is 0 Å². The summed E-state index contributed by atoms with van der Waals surface area (Å²) in [5.74, 6) is 0.619. The van der Waals surface area contributed by atoms with Gasteiger partial charge in [-0.05, 0) is 18.6 Å². The van der Waals surface area contributed by atoms with Gasteiger partial charge >= 0.3 is 6.18 Å². The smallest absolute Gasteiger partial charge is 0.356 e. The fourth-order valence-electron chi connectivity index (χ4n) is 1.94. The molecule has 2 rings (SSSR count). The molecule has 0 aliphatic heterocycles. The number of rotatable bonds is 6. The number of thiophene rings is 1. The minimum atomic E-state index is -4.38. The van der Waals surface area contributed by atoms with Gasteiger partial charge in [0.05, 0.1) is 11.6 Å². The number of nitrogens with zero attached hydrogens (tertiary/aromatic N) is 2. The van der Waals surface area contributed by atoms with Crippen molar-refractivity contribution in [3.63, 3.8) is 0 Å². The van der Waals surface area contributed by atoms with Crippen molar-refractivity contribution in [1.82, 2.24) is 15.6 Å². The van der Waals surface area contributed by atoms with E-state index in [0.717, 1.165) is 23.1 Å². The normalized spacial score (nSPS) is 12.5. The van der Waals surface area contributed by atoms with Crippen LogP contribution in [0.2, 0.25) is 0 Å². The van der Waals surface area contributed by atoms with Gasteiger partial charge in [0.1, 0.15) is 0 Å². The molecule has 2 aromatic rings. The van der Waals surface area contributed by atoms with Crippen LogP contribution in [0.3, 0.4) is 0 Å². The molecule has 0 fully saturated rings. The summed E-state index contributed by atoms with van der Waals surface area (Å²) in [6.45, 7) is 3.25. The molecule has 0 atom stereocenters. The summed E-state index contributed by atoms with van der Waals surface area (Å²) in [6.07, 6.45) is -2.94. The second-order valence-electron chi connectivity index (χ2n) is 4.95. The average molecular weight is 376 g/mol. The first-order valence-electron chi connectivity index (χ1n) is 7.46. The fourth-order valence-corrected chi connectivity index (χ4v) is 3.65. The molecule has 0 amide bonds. The molecule has 0 saturated heterocycles. The van der Waals surface area contributed by atoms with Crippen molar-refractivity contribution < 1.29 is 13.2 Å². The van der Waals surface area contributed by atoms with Gasteiger partial charge in [-0.2, -0.15) is 13.2 Å². The number of halogens is 3. The molecule has 4 nitrogen and oxygen atoms in total. The topological polar surface area (TPSA) is 49.3 Å². The first kappa shape index (κ1) is 18.7. The highest BCUT2D eigenvalue weighted by atomic mass is 32.1. The SMILES string of the molecule is CCc1ccc(CNC(=NC)NCCc2nc(C(F)(F)F)cs2)s1. The Bertz CT molecular complexity index is 676. The summed E-state index contributed by atoms with van der Waals surface area (Å²) in [6, 6.07) is 4.19. The molecular formula is C15H19F3N4S2. The van der Waals surface area contributed by atoms with Crippen LogP contribution >= 0.6 is 22.7 Å². The monoisotopic (exact) mass is 376 g/mol. The highest BCUT2D eigenvalue weighted by Gasteiger charge is 2.33. The lowest BCUT2D eigenvalue weighted by Gasteiger charge is -2.10. The maximum absolute atomic E-state index is 12.5. The molecule has 0 saturated carbocycles. The summed E-state index contributed by atoms with van der Waals surface area (Å²) >= 11 is 2.77. The Kier molecular flexibility index (Phi) is 6.61. The van der Waals surface area contributed by atoms with E-state index in [1.165, 1.54) is 9.75 Å². The summed E-state index contributed by atoms with van der Waals surface area (Å²) in [4.78, 5) is 10.3. The number of thiazole rings is 1. The van der Waals surface area contributed by atoms with Crippen LogP contribution in [0.25, 0.3) is 0 Å². The van der Waals surface area contributed by atoms with Gasteiger partial charge in [0.25, 0.3) is 0 Å². The maximum atomic E-state index is 12.5. The van der Waals surface area contributed by atoms with E-state index in [1.54, 1.807) is 18.4 Å². The van der Waals surface area contributed by atoms with Crippen LogP contribution in [0, 0.1) is 0 Å². The zero-order valence-corrected chi connectivity index (χ0v) is 15.0. The van der Waals surface area contributed by atoms with E-state index in [-0.39, 0.29) is 0 Å². The Hall–Kier alpha value is -1.61. The predicted octanol–water partition coefficient (Wildman–Crippen LogP) is 3.69. The molecule has 2 heterocycles. The van der Waals surface area contributed by atoms with Crippen LogP contribution in [0.15, 0.2) is 22.5 Å². The number of nitrogens with one attached hydrogen (secondary N) is 2. The zero-order chi connectivity index (χ0) is 17.6. The minimum Gasteiger partial charge on any atom is -0.356 e. The standard InChI is InChI=1S/C15H19F3N4S2/c1-3-10-4-5-11(24-10)8-21-14(19-2)20-7-6-13-22-12(9-23-13)15(16,17)18/h4-5,9H,3,6-8H2,1-2H3,(H2,19,20,21). The Morgan fingerprint density at radius 1 is 1.25 bits per heavy atom. The first-order chi connectivity index (χ1) is 11.4. The van der Waals surface area contributed by atoms with Crippen LogP contribution in [0.1, 0.15) is 27.4 Å². The molecule has 2 N–H and O–H groups in total. The molecule has 0 unspecified atom stereocenters. The van der Waals surface area contributed by atoms with Crippen molar-refractivity contribution >= 4 is 28.6 Å². The van der Waals surface area contributed by atoms with Crippen LogP contribution in [0.4, 0.5) is 13.2 Å². The molecule has 2 aromatic heterocycles. The third-order valence-corrected chi connectivity index (χ3v) is 5.33. The van der Waals surface area contributed by atoms with Gasteiger partial charge in [-0.25, -0.2) is 4.98 Å². The molecule has 0 aliphatic rings. The van der Waals surface area contributed by atoms with E-state index in [0.29, 0.717) is 30.5 Å². The van der Waals surface area contributed by atoms with Crippen molar-refractivity contribution in [2.45, 2.75) is 32.5 Å². The van der Waals surface area contributed by atoms with E-state index in [9.17, 15) is 13.2 Å². The Morgan fingerprint density at radius 3 is 2.58 bits per heavy atom. The lowest BCUT2D eigenvalue weighted by atomic mass is 10.3. The van der Waals surface area contributed by atoms with Crippen molar-refractivity contribution in [1.29, 1.82) is 0 Å². The van der Waals surface area contributed by atoms with Gasteiger partial charge in [0, 0.05) is 35.1 Å². The summed E-state index contributed by atoms with van der Waals surface area (Å²) in [7, 11) is 1.66. The number of aryl methyl sites for hydroxylation is 1. The molecular weight excluding hydrogens is 357 g/mol. The lowest BCUT2D eigenvalue weighted by Crippen LogP contribution is -2.37. The summed E-state index contributed by atoms with van der Waals surface area (Å²) in [5.41, 5.74) is -0.825. The number of hydrogen-bond donors (Lipinski definition) is 2. The zero-order valence-electron chi connectivity index (χ0n) is 13.4. The number of alkyl halides is 3. The van der Waals surface area contributed by atoms with Gasteiger partial charge in [0.15, 0.2) is 11.7 Å². The summed E-state index contributed by atoms with van der Waals surface area (Å²) in [5, 5.41) is 7.78. The molecule has 0 bridgehead atoms. The maximum Gasteiger partial charge on any atom is 0.434 e. The molecule has 0 aromatic carbocycles. The molecule has 0 spiro atoms. The van der Waals surface area contributed by atoms with Gasteiger partial charge in [0.2, 0.25) is 0 Å². The molecule has 24 heavy (non-hydrogen) atoms. The highest BCUT2D eigenvalue weighted by Crippen LogP contribution is 2.29. The Morgan fingerprint density at radius 2 is 2.00 bits per heavy atom. The highest BCUT2D eigenvalue weighted by molar-refractivity contribution is 7.12. The third-order valence-electron chi connectivity index (χ3n) is 3.19. The predicted molar refractivity (Wildman–Crippen MR) is 92.7 cm³/mol.